The number of hydrogen-bond acceptors (Lipinski definition) is 4. The molecule has 0 fully saturated rings. The molecule has 0 unspecified atom stereocenters. The lowest BCUT2D eigenvalue weighted by Gasteiger charge is -2.03. The average Bonchev–Trinajstić information content (AvgIpc) is 2.94. The maximum absolute atomic E-state index is 10.9. The van der Waals surface area contributed by atoms with Crippen molar-refractivity contribution in [2.24, 2.45) is 7.05 Å². The van der Waals surface area contributed by atoms with E-state index in [0.717, 1.165) is 11.4 Å². The van der Waals surface area contributed by atoms with Crippen molar-refractivity contribution in [1.29, 1.82) is 0 Å². The number of carboxylic acid groups (broad SMARTS) is 1. The molecule has 0 saturated carbocycles. The summed E-state index contributed by atoms with van der Waals surface area (Å²) in [4.78, 5) is 15.0. The normalized spacial score (nSPS) is 10.9. The second-order valence-corrected chi connectivity index (χ2v) is 3.77. The van der Waals surface area contributed by atoms with Crippen molar-refractivity contribution in [2.45, 2.75) is 0 Å². The molecule has 0 aliphatic carbocycles. The quantitative estimate of drug-likeness (QED) is 0.720. The van der Waals surface area contributed by atoms with Crippen molar-refractivity contribution in [2.75, 3.05) is 0 Å². The van der Waals surface area contributed by atoms with Crippen LogP contribution in [0, 0.1) is 0 Å². The third-order valence-electron chi connectivity index (χ3n) is 2.66. The highest BCUT2D eigenvalue weighted by Crippen LogP contribution is 2.18. The van der Waals surface area contributed by atoms with E-state index >= 15 is 0 Å². The van der Waals surface area contributed by atoms with Crippen LogP contribution in [0.4, 0.5) is 0 Å². The summed E-state index contributed by atoms with van der Waals surface area (Å²) < 4.78 is 3.19. The number of aromatic nitrogens is 5. The van der Waals surface area contributed by atoms with Gasteiger partial charge >= 0.3 is 5.97 Å². The number of fused-ring (bicyclic) bond motifs is 1. The van der Waals surface area contributed by atoms with Gasteiger partial charge in [0, 0.05) is 25.5 Å². The number of aryl methyl sites for hydroxylation is 1. The number of carbonyl (C=O) groups is 1. The first kappa shape index (κ1) is 10.5. The van der Waals surface area contributed by atoms with E-state index in [9.17, 15) is 4.79 Å². The molecule has 0 radical (unpaired) electrons. The number of nitrogens with zero attached hydrogens (tertiary/aromatic N) is 5. The van der Waals surface area contributed by atoms with Gasteiger partial charge in [-0.15, -0.1) is 0 Å². The second-order valence-electron chi connectivity index (χ2n) is 3.77. The van der Waals surface area contributed by atoms with E-state index in [1.807, 2.05) is 13.1 Å². The van der Waals surface area contributed by atoms with Crippen LogP contribution >= 0.6 is 0 Å². The van der Waals surface area contributed by atoms with Gasteiger partial charge in [-0.05, 0) is 12.1 Å². The first-order valence-electron chi connectivity index (χ1n) is 5.23. The van der Waals surface area contributed by atoms with Crippen molar-refractivity contribution in [3.63, 3.8) is 0 Å². The van der Waals surface area contributed by atoms with Crippen LogP contribution in [-0.2, 0) is 7.05 Å². The van der Waals surface area contributed by atoms with Crippen LogP contribution in [0.25, 0.3) is 17.0 Å². The minimum Gasteiger partial charge on any atom is -0.476 e. The highest BCUT2D eigenvalue weighted by atomic mass is 16.4. The molecule has 7 nitrogen and oxygen atoms in total. The lowest BCUT2D eigenvalue weighted by Crippen LogP contribution is -2.02. The Morgan fingerprint density at radius 1 is 1.28 bits per heavy atom. The van der Waals surface area contributed by atoms with Crippen LogP contribution in [-0.4, -0.2) is 35.5 Å². The SMILES string of the molecule is Cn1nccc1-c1ccnc2cc(C(=O)O)nn12. The van der Waals surface area contributed by atoms with Gasteiger partial charge in [0.2, 0.25) is 0 Å². The van der Waals surface area contributed by atoms with E-state index in [1.165, 1.54) is 10.6 Å². The Hall–Kier alpha value is -2.70. The summed E-state index contributed by atoms with van der Waals surface area (Å²) in [5, 5.41) is 17.0. The minimum absolute atomic E-state index is 0.0304. The van der Waals surface area contributed by atoms with Gasteiger partial charge in [-0.1, -0.05) is 0 Å². The van der Waals surface area contributed by atoms with Crippen LogP contribution in [0.1, 0.15) is 10.5 Å². The van der Waals surface area contributed by atoms with Gasteiger partial charge in [-0.3, -0.25) is 4.68 Å². The second kappa shape index (κ2) is 3.66. The first-order chi connectivity index (χ1) is 8.66. The molecule has 3 rings (SSSR count). The molecule has 1 N–H and O–H groups in total. The molecule has 0 atom stereocenters. The third kappa shape index (κ3) is 1.45. The number of hydrogen-bond donors (Lipinski definition) is 1. The smallest absolute Gasteiger partial charge is 0.356 e. The molecule has 3 heterocycles. The molecule has 0 aliphatic rings. The summed E-state index contributed by atoms with van der Waals surface area (Å²) in [6.07, 6.45) is 3.29. The number of aromatic carboxylic acids is 1. The predicted molar refractivity (Wildman–Crippen MR) is 62.1 cm³/mol. The Balaban J connectivity index is 2.30. The van der Waals surface area contributed by atoms with Gasteiger partial charge in [-0.2, -0.15) is 10.2 Å². The highest BCUT2D eigenvalue weighted by molar-refractivity contribution is 5.86. The molecule has 0 aliphatic heterocycles. The zero-order valence-corrected chi connectivity index (χ0v) is 9.48. The summed E-state index contributed by atoms with van der Waals surface area (Å²) in [5.74, 6) is -1.07. The summed E-state index contributed by atoms with van der Waals surface area (Å²) in [6.45, 7) is 0. The van der Waals surface area contributed by atoms with E-state index in [2.05, 4.69) is 15.2 Å². The van der Waals surface area contributed by atoms with Crippen molar-refractivity contribution in [3.05, 3.63) is 36.3 Å². The summed E-state index contributed by atoms with van der Waals surface area (Å²) >= 11 is 0. The number of rotatable bonds is 2. The summed E-state index contributed by atoms with van der Waals surface area (Å²) in [5.41, 5.74) is 2.04. The van der Waals surface area contributed by atoms with Crippen LogP contribution in [0.3, 0.4) is 0 Å². The van der Waals surface area contributed by atoms with Crippen molar-refractivity contribution < 1.29 is 9.90 Å². The standard InChI is InChI=1S/C11H9N5O2/c1-15-8(3-5-13-15)9-2-4-12-10-6-7(11(17)18)14-16(9)10/h2-6H,1H3,(H,17,18). The zero-order valence-electron chi connectivity index (χ0n) is 9.48. The Morgan fingerprint density at radius 3 is 2.72 bits per heavy atom. The van der Waals surface area contributed by atoms with Crippen LogP contribution in [0.15, 0.2) is 30.6 Å². The van der Waals surface area contributed by atoms with Gasteiger partial charge in [-0.25, -0.2) is 14.3 Å². The Kier molecular flexibility index (Phi) is 2.12. The van der Waals surface area contributed by atoms with E-state index < -0.39 is 5.97 Å². The molecule has 18 heavy (non-hydrogen) atoms. The van der Waals surface area contributed by atoms with Crippen molar-refractivity contribution in [1.82, 2.24) is 24.4 Å². The molecule has 7 heteroatoms. The molecule has 0 bridgehead atoms. The topological polar surface area (TPSA) is 85.3 Å². The Labute approximate surface area is 101 Å². The molecule has 90 valence electrons. The lowest BCUT2D eigenvalue weighted by atomic mass is 10.3. The monoisotopic (exact) mass is 243 g/mol. The maximum Gasteiger partial charge on any atom is 0.356 e. The maximum atomic E-state index is 10.9. The largest absolute Gasteiger partial charge is 0.476 e. The zero-order chi connectivity index (χ0) is 12.7. The molecule has 3 aromatic heterocycles. The van der Waals surface area contributed by atoms with Crippen molar-refractivity contribution in [3.8, 4) is 11.4 Å². The van der Waals surface area contributed by atoms with Gasteiger partial charge in [0.25, 0.3) is 0 Å². The van der Waals surface area contributed by atoms with Crippen molar-refractivity contribution >= 4 is 11.6 Å². The van der Waals surface area contributed by atoms with Crippen LogP contribution < -0.4 is 0 Å². The Bertz CT molecular complexity index is 743. The van der Waals surface area contributed by atoms with E-state index in [4.69, 9.17) is 5.11 Å². The van der Waals surface area contributed by atoms with E-state index in [1.54, 1.807) is 23.1 Å². The Morgan fingerprint density at radius 2 is 2.06 bits per heavy atom. The summed E-state index contributed by atoms with van der Waals surface area (Å²) in [7, 11) is 1.81. The molecule has 0 aromatic carbocycles. The molecule has 0 spiro atoms. The number of carboxylic acids is 1. The van der Waals surface area contributed by atoms with Gasteiger partial charge in [0.15, 0.2) is 11.3 Å². The highest BCUT2D eigenvalue weighted by Gasteiger charge is 2.13. The fourth-order valence-corrected chi connectivity index (χ4v) is 1.82. The molecular formula is C11H9N5O2. The van der Waals surface area contributed by atoms with E-state index in [-0.39, 0.29) is 5.69 Å². The lowest BCUT2D eigenvalue weighted by molar-refractivity contribution is 0.0690. The van der Waals surface area contributed by atoms with Gasteiger partial charge in [0.1, 0.15) is 0 Å². The fraction of sp³-hybridized carbons (Fsp3) is 0.0909. The fourth-order valence-electron chi connectivity index (χ4n) is 1.82. The first-order valence-corrected chi connectivity index (χ1v) is 5.23. The van der Waals surface area contributed by atoms with Crippen LogP contribution in [0.5, 0.6) is 0 Å². The average molecular weight is 243 g/mol. The third-order valence-corrected chi connectivity index (χ3v) is 2.66. The predicted octanol–water partition coefficient (Wildman–Crippen LogP) is 0.828. The van der Waals surface area contributed by atoms with Gasteiger partial charge in [0.05, 0.1) is 11.4 Å². The molecule has 0 amide bonds. The molecule has 0 saturated heterocycles. The van der Waals surface area contributed by atoms with E-state index in [0.29, 0.717) is 5.65 Å². The molecular weight excluding hydrogens is 234 g/mol. The molecule has 3 aromatic rings. The van der Waals surface area contributed by atoms with Gasteiger partial charge < -0.3 is 5.11 Å². The van der Waals surface area contributed by atoms with Crippen LogP contribution in [0.2, 0.25) is 0 Å². The minimum atomic E-state index is -1.07. The summed E-state index contributed by atoms with van der Waals surface area (Å²) in [6, 6.07) is 5.03.